The van der Waals surface area contributed by atoms with Crippen molar-refractivity contribution in [2.45, 2.75) is 29.0 Å². The van der Waals surface area contributed by atoms with Gasteiger partial charge in [0.2, 0.25) is 0 Å². The summed E-state index contributed by atoms with van der Waals surface area (Å²) in [6.07, 6.45) is 0.947. The SMILES string of the molecule is Cl.NC(N)=NCCC[C@H](N)C(=O)Oc1ccc(Oc2ccc(S(=O)(=O)CC3CS3)cc2)cc1. The maximum Gasteiger partial charge on any atom is 0.328 e. The molecular weight excluding hydrogens is 488 g/mol. The monoisotopic (exact) mass is 514 g/mol. The molecule has 1 heterocycles. The molecule has 1 aliphatic heterocycles. The molecule has 33 heavy (non-hydrogen) atoms. The Kier molecular flexibility index (Phi) is 9.84. The third-order valence-corrected chi connectivity index (χ3v) is 7.55. The highest BCUT2D eigenvalue weighted by Gasteiger charge is 2.29. The zero-order valence-electron chi connectivity index (χ0n) is 17.8. The molecule has 0 amide bonds. The normalized spacial score (nSPS) is 15.6. The fraction of sp³-hybridized carbons (Fsp3) is 0.333. The van der Waals surface area contributed by atoms with Crippen LogP contribution in [-0.4, -0.2) is 49.7 Å². The molecule has 0 aliphatic carbocycles. The quantitative estimate of drug-likeness (QED) is 0.102. The number of hydrogen-bond donors (Lipinski definition) is 3. The fourth-order valence-corrected chi connectivity index (χ4v) is 5.44. The van der Waals surface area contributed by atoms with Gasteiger partial charge in [-0.2, -0.15) is 11.8 Å². The van der Waals surface area contributed by atoms with Crippen LogP contribution in [0.5, 0.6) is 17.2 Å². The third kappa shape index (κ3) is 8.77. The Labute approximate surface area is 203 Å². The zero-order valence-corrected chi connectivity index (χ0v) is 20.2. The van der Waals surface area contributed by atoms with E-state index in [9.17, 15) is 13.2 Å². The van der Waals surface area contributed by atoms with Crippen molar-refractivity contribution in [3.8, 4) is 17.2 Å². The predicted octanol–water partition coefficient (Wildman–Crippen LogP) is 2.08. The van der Waals surface area contributed by atoms with Crippen molar-refractivity contribution in [2.75, 3.05) is 18.1 Å². The second kappa shape index (κ2) is 12.1. The number of hydrogen-bond acceptors (Lipinski definition) is 8. The number of halogens is 1. The standard InChI is InChI=1S/C21H26N4O5S2.ClH/c22-19(2-1-11-25-21(23)24)20(26)30-16-5-3-14(4-6-16)29-15-7-9-18(10-8-15)32(27,28)13-17-12-31-17;/h3-10,17,19H,1-2,11-13,22H2,(H4,23,24,25);1H/t17?,19-;/m0./s1. The average Bonchev–Trinajstić information content (AvgIpc) is 3.56. The Morgan fingerprint density at radius 2 is 1.61 bits per heavy atom. The molecule has 0 saturated carbocycles. The van der Waals surface area contributed by atoms with Gasteiger partial charge in [0.05, 0.1) is 10.6 Å². The number of ether oxygens (including phenoxy) is 2. The summed E-state index contributed by atoms with van der Waals surface area (Å²) in [5.74, 6) is 1.85. The summed E-state index contributed by atoms with van der Waals surface area (Å²) in [5, 5.41) is 0.211. The summed E-state index contributed by atoms with van der Waals surface area (Å²) in [5.41, 5.74) is 16.3. The minimum absolute atomic E-state index is 0. The van der Waals surface area contributed by atoms with E-state index in [1.54, 1.807) is 60.3 Å². The zero-order chi connectivity index (χ0) is 23.1. The van der Waals surface area contributed by atoms with Gasteiger partial charge in [-0.1, -0.05) is 0 Å². The molecule has 1 aliphatic rings. The van der Waals surface area contributed by atoms with Crippen LogP contribution in [0.2, 0.25) is 0 Å². The maximum atomic E-state index is 12.3. The topological polar surface area (TPSA) is 160 Å². The van der Waals surface area contributed by atoms with Gasteiger partial charge < -0.3 is 26.7 Å². The first-order valence-corrected chi connectivity index (χ1v) is 12.7. The van der Waals surface area contributed by atoms with E-state index in [2.05, 4.69) is 4.99 Å². The van der Waals surface area contributed by atoms with E-state index >= 15 is 0 Å². The first-order valence-electron chi connectivity index (χ1n) is 9.98. The Morgan fingerprint density at radius 1 is 1.06 bits per heavy atom. The number of sulfone groups is 1. The first-order chi connectivity index (χ1) is 15.2. The minimum atomic E-state index is -3.27. The van der Waals surface area contributed by atoms with Crippen LogP contribution < -0.4 is 26.7 Å². The van der Waals surface area contributed by atoms with E-state index in [1.165, 1.54) is 0 Å². The summed E-state index contributed by atoms with van der Waals surface area (Å²) in [6.45, 7) is 0.391. The number of rotatable bonds is 11. The lowest BCUT2D eigenvalue weighted by atomic mass is 10.2. The number of guanidine groups is 1. The summed E-state index contributed by atoms with van der Waals surface area (Å²) in [4.78, 5) is 16.2. The van der Waals surface area contributed by atoms with Crippen LogP contribution in [-0.2, 0) is 14.6 Å². The molecule has 6 N–H and O–H groups in total. The van der Waals surface area contributed by atoms with Crippen LogP contribution >= 0.6 is 24.2 Å². The van der Waals surface area contributed by atoms with Crippen LogP contribution in [0.4, 0.5) is 0 Å². The molecular formula is C21H27ClN4O5S2. The Bertz CT molecular complexity index is 1060. The largest absolute Gasteiger partial charge is 0.457 e. The Morgan fingerprint density at radius 3 is 2.15 bits per heavy atom. The highest BCUT2D eigenvalue weighted by molar-refractivity contribution is 8.08. The van der Waals surface area contributed by atoms with Crippen LogP contribution in [0.3, 0.4) is 0 Å². The van der Waals surface area contributed by atoms with Gasteiger partial charge in [0.1, 0.15) is 23.3 Å². The summed E-state index contributed by atoms with van der Waals surface area (Å²) in [6, 6.07) is 12.0. The number of benzene rings is 2. The molecule has 1 fully saturated rings. The van der Waals surface area contributed by atoms with Gasteiger partial charge in [0.25, 0.3) is 0 Å². The van der Waals surface area contributed by atoms with Gasteiger partial charge >= 0.3 is 5.97 Å². The van der Waals surface area contributed by atoms with E-state index in [0.29, 0.717) is 36.6 Å². The molecule has 0 spiro atoms. The van der Waals surface area contributed by atoms with Gasteiger partial charge in [0, 0.05) is 17.5 Å². The molecule has 0 radical (unpaired) electrons. The second-order valence-electron chi connectivity index (χ2n) is 7.26. The molecule has 3 rings (SSSR count). The van der Waals surface area contributed by atoms with Gasteiger partial charge in [-0.05, 0) is 61.4 Å². The van der Waals surface area contributed by atoms with Crippen molar-refractivity contribution in [2.24, 2.45) is 22.2 Å². The molecule has 180 valence electrons. The van der Waals surface area contributed by atoms with Crippen molar-refractivity contribution in [3.05, 3.63) is 48.5 Å². The summed E-state index contributed by atoms with van der Waals surface area (Å²) >= 11 is 1.65. The molecule has 2 aromatic carbocycles. The molecule has 12 heteroatoms. The van der Waals surface area contributed by atoms with Gasteiger partial charge in [0.15, 0.2) is 15.8 Å². The maximum absolute atomic E-state index is 12.3. The molecule has 9 nitrogen and oxygen atoms in total. The van der Waals surface area contributed by atoms with Crippen LogP contribution in [0, 0.1) is 0 Å². The lowest BCUT2D eigenvalue weighted by Gasteiger charge is -2.11. The van der Waals surface area contributed by atoms with Gasteiger partial charge in [-0.25, -0.2) is 13.2 Å². The highest BCUT2D eigenvalue weighted by atomic mass is 35.5. The van der Waals surface area contributed by atoms with Gasteiger partial charge in [-0.3, -0.25) is 4.99 Å². The number of esters is 1. The molecule has 2 aromatic rings. The van der Waals surface area contributed by atoms with Crippen molar-refractivity contribution in [3.63, 3.8) is 0 Å². The molecule has 2 atom stereocenters. The molecule has 0 aromatic heterocycles. The van der Waals surface area contributed by atoms with Gasteiger partial charge in [-0.15, -0.1) is 12.4 Å². The summed E-state index contributed by atoms with van der Waals surface area (Å²) < 4.78 is 35.6. The van der Waals surface area contributed by atoms with Crippen molar-refractivity contribution < 1.29 is 22.7 Å². The van der Waals surface area contributed by atoms with Crippen LogP contribution in [0.1, 0.15) is 12.8 Å². The second-order valence-corrected chi connectivity index (χ2v) is 10.6. The average molecular weight is 515 g/mol. The van der Waals surface area contributed by atoms with E-state index in [0.717, 1.165) is 5.75 Å². The van der Waals surface area contributed by atoms with E-state index in [1.807, 2.05) is 0 Å². The van der Waals surface area contributed by atoms with Crippen molar-refractivity contribution in [1.29, 1.82) is 0 Å². The van der Waals surface area contributed by atoms with E-state index < -0.39 is 21.8 Å². The predicted molar refractivity (Wildman–Crippen MR) is 132 cm³/mol. The number of nitrogens with two attached hydrogens (primary N) is 3. The molecule has 0 bridgehead atoms. The van der Waals surface area contributed by atoms with Crippen LogP contribution in [0.25, 0.3) is 0 Å². The van der Waals surface area contributed by atoms with E-state index in [-0.39, 0.29) is 34.3 Å². The minimum Gasteiger partial charge on any atom is -0.457 e. The fourth-order valence-electron chi connectivity index (χ4n) is 2.76. The number of carbonyl (C=O) groups is 1. The van der Waals surface area contributed by atoms with Crippen LogP contribution in [0.15, 0.2) is 58.4 Å². The van der Waals surface area contributed by atoms with E-state index in [4.69, 9.17) is 26.7 Å². The van der Waals surface area contributed by atoms with Crippen molar-refractivity contribution in [1.82, 2.24) is 0 Å². The Hall–Kier alpha value is -2.47. The Balaban J connectivity index is 0.00000385. The number of carbonyl (C=O) groups excluding carboxylic acids is 1. The number of thioether (sulfide) groups is 1. The summed E-state index contributed by atoms with van der Waals surface area (Å²) in [7, 11) is -3.27. The molecule has 1 saturated heterocycles. The number of aliphatic imine (C=N–C) groups is 1. The highest BCUT2D eigenvalue weighted by Crippen LogP contribution is 2.33. The lowest BCUT2D eigenvalue weighted by Crippen LogP contribution is -2.34. The lowest BCUT2D eigenvalue weighted by molar-refractivity contribution is -0.136. The van der Waals surface area contributed by atoms with Crippen molar-refractivity contribution >= 4 is 45.9 Å². The first kappa shape index (κ1) is 26.8. The smallest absolute Gasteiger partial charge is 0.328 e. The molecule has 1 unspecified atom stereocenters. The number of nitrogens with zero attached hydrogens (tertiary/aromatic N) is 1. The third-order valence-electron chi connectivity index (χ3n) is 4.54.